The third-order valence-corrected chi connectivity index (χ3v) is 5.27. The molecule has 2 heterocycles. The monoisotopic (exact) mass is 326 g/mol. The van der Waals surface area contributed by atoms with Gasteiger partial charge in [-0.3, -0.25) is 4.68 Å². The highest BCUT2D eigenvalue weighted by atomic mass is 32.2. The van der Waals surface area contributed by atoms with Gasteiger partial charge in [0.25, 0.3) is 0 Å². The molecule has 1 atom stereocenters. The van der Waals surface area contributed by atoms with E-state index in [1.54, 1.807) is 0 Å². The molecule has 1 saturated heterocycles. The summed E-state index contributed by atoms with van der Waals surface area (Å²) in [6.45, 7) is 0.201. The highest BCUT2D eigenvalue weighted by Gasteiger charge is 2.44. The van der Waals surface area contributed by atoms with Crippen LogP contribution >= 0.6 is 0 Å². The Labute approximate surface area is 120 Å². The summed E-state index contributed by atoms with van der Waals surface area (Å²) >= 11 is 0. The predicted octanol–water partition coefficient (Wildman–Crippen LogP) is 0.805. The lowest BCUT2D eigenvalue weighted by Gasteiger charge is -2.32. The summed E-state index contributed by atoms with van der Waals surface area (Å²) in [5.41, 5.74) is 5.34. The van der Waals surface area contributed by atoms with Crippen LogP contribution in [0.4, 0.5) is 13.2 Å². The van der Waals surface area contributed by atoms with Crippen LogP contribution in [0.5, 0.6) is 0 Å². The van der Waals surface area contributed by atoms with Crippen molar-refractivity contribution in [3.63, 3.8) is 0 Å². The molecular formula is C11H17F3N4O2S. The molecule has 0 bridgehead atoms. The van der Waals surface area contributed by atoms with Crippen molar-refractivity contribution in [2.24, 2.45) is 11.7 Å². The standard InChI is InChI=1S/C11H17F3N4O2S/c12-11(13,14)9-2-1-4-18(7-9)21(19,20)10-6-16-17(8-10)5-3-15/h6,8-9H,1-5,7,15H2. The van der Waals surface area contributed by atoms with E-state index < -0.39 is 28.7 Å². The molecule has 1 aliphatic rings. The summed E-state index contributed by atoms with van der Waals surface area (Å²) in [7, 11) is -3.94. The molecule has 2 rings (SSSR count). The van der Waals surface area contributed by atoms with Crippen LogP contribution in [0.25, 0.3) is 0 Å². The normalized spacial score (nSPS) is 21.6. The first-order chi connectivity index (χ1) is 9.75. The number of hydrogen-bond acceptors (Lipinski definition) is 4. The molecule has 21 heavy (non-hydrogen) atoms. The molecule has 1 aromatic rings. The molecule has 1 unspecified atom stereocenters. The second-order valence-electron chi connectivity index (χ2n) is 4.97. The maximum absolute atomic E-state index is 12.8. The summed E-state index contributed by atoms with van der Waals surface area (Å²) < 4.78 is 65.2. The Kier molecular flexibility index (Phi) is 4.59. The number of rotatable bonds is 4. The van der Waals surface area contributed by atoms with Gasteiger partial charge >= 0.3 is 6.18 Å². The average Bonchev–Trinajstić information content (AvgIpc) is 2.88. The van der Waals surface area contributed by atoms with Crippen molar-refractivity contribution in [1.82, 2.24) is 14.1 Å². The van der Waals surface area contributed by atoms with E-state index in [-0.39, 0.29) is 24.3 Å². The smallest absolute Gasteiger partial charge is 0.329 e. The third-order valence-electron chi connectivity index (χ3n) is 3.45. The third kappa shape index (κ3) is 3.55. The number of alkyl halides is 3. The quantitative estimate of drug-likeness (QED) is 0.887. The van der Waals surface area contributed by atoms with Crippen LogP contribution in [0, 0.1) is 5.92 Å². The number of piperidine rings is 1. The van der Waals surface area contributed by atoms with Gasteiger partial charge in [-0.05, 0) is 12.8 Å². The molecule has 0 amide bonds. The van der Waals surface area contributed by atoms with E-state index in [0.717, 1.165) is 10.5 Å². The summed E-state index contributed by atoms with van der Waals surface area (Å²) in [6.07, 6.45) is -1.79. The van der Waals surface area contributed by atoms with Gasteiger partial charge in [0.15, 0.2) is 0 Å². The van der Waals surface area contributed by atoms with Crippen molar-refractivity contribution in [3.05, 3.63) is 12.4 Å². The van der Waals surface area contributed by atoms with Crippen molar-refractivity contribution in [3.8, 4) is 0 Å². The minimum Gasteiger partial charge on any atom is -0.329 e. The van der Waals surface area contributed by atoms with Gasteiger partial charge in [0.2, 0.25) is 10.0 Å². The van der Waals surface area contributed by atoms with Gasteiger partial charge in [-0.2, -0.15) is 22.6 Å². The van der Waals surface area contributed by atoms with E-state index in [4.69, 9.17) is 5.73 Å². The zero-order chi connectivity index (χ0) is 15.7. The Morgan fingerprint density at radius 1 is 1.43 bits per heavy atom. The Balaban J connectivity index is 2.18. The number of hydrogen-bond donors (Lipinski definition) is 1. The van der Waals surface area contributed by atoms with Crippen molar-refractivity contribution < 1.29 is 21.6 Å². The van der Waals surface area contributed by atoms with Crippen LogP contribution in [-0.4, -0.2) is 48.3 Å². The van der Waals surface area contributed by atoms with Crippen LogP contribution in [0.2, 0.25) is 0 Å². The molecule has 1 aliphatic heterocycles. The number of halogens is 3. The highest BCUT2D eigenvalue weighted by molar-refractivity contribution is 7.89. The maximum atomic E-state index is 12.8. The van der Waals surface area contributed by atoms with Crippen molar-refractivity contribution in [2.45, 2.75) is 30.5 Å². The van der Waals surface area contributed by atoms with Gasteiger partial charge in [0.05, 0.1) is 18.7 Å². The molecule has 6 nitrogen and oxygen atoms in total. The molecule has 1 aromatic heterocycles. The van der Waals surface area contributed by atoms with Crippen molar-refractivity contribution in [1.29, 1.82) is 0 Å². The summed E-state index contributed by atoms with van der Waals surface area (Å²) in [5, 5.41) is 3.84. The lowest BCUT2D eigenvalue weighted by molar-refractivity contribution is -0.182. The van der Waals surface area contributed by atoms with Crippen LogP contribution in [0.15, 0.2) is 17.3 Å². The topological polar surface area (TPSA) is 81.2 Å². The van der Waals surface area contributed by atoms with E-state index in [1.165, 1.54) is 10.9 Å². The van der Waals surface area contributed by atoms with Gasteiger partial charge in [0, 0.05) is 25.8 Å². The Bertz CT molecular complexity index is 585. The molecule has 0 saturated carbocycles. The van der Waals surface area contributed by atoms with Crippen LogP contribution in [0.1, 0.15) is 12.8 Å². The minimum absolute atomic E-state index is 0.0397. The zero-order valence-corrected chi connectivity index (χ0v) is 12.1. The van der Waals surface area contributed by atoms with Crippen LogP contribution < -0.4 is 5.73 Å². The minimum atomic E-state index is -4.38. The van der Waals surface area contributed by atoms with Gasteiger partial charge in [-0.15, -0.1) is 0 Å². The van der Waals surface area contributed by atoms with E-state index in [1.807, 2.05) is 0 Å². The summed E-state index contributed by atoms with van der Waals surface area (Å²) in [4.78, 5) is -0.0984. The Morgan fingerprint density at radius 3 is 2.76 bits per heavy atom. The summed E-state index contributed by atoms with van der Waals surface area (Å²) in [6, 6.07) is 0. The molecule has 1 fully saturated rings. The first kappa shape index (κ1) is 16.2. The number of nitrogens with two attached hydrogens (primary N) is 1. The largest absolute Gasteiger partial charge is 0.393 e. The maximum Gasteiger partial charge on any atom is 0.393 e. The Morgan fingerprint density at radius 2 is 2.14 bits per heavy atom. The van der Waals surface area contributed by atoms with Crippen LogP contribution in [0.3, 0.4) is 0 Å². The molecule has 2 N–H and O–H groups in total. The fourth-order valence-corrected chi connectivity index (χ4v) is 3.79. The molecule has 10 heteroatoms. The van der Waals surface area contributed by atoms with Gasteiger partial charge < -0.3 is 5.73 Å². The van der Waals surface area contributed by atoms with Crippen molar-refractivity contribution >= 4 is 10.0 Å². The zero-order valence-electron chi connectivity index (χ0n) is 11.3. The molecule has 0 aromatic carbocycles. The molecule has 0 spiro atoms. The highest BCUT2D eigenvalue weighted by Crippen LogP contribution is 2.34. The molecule has 120 valence electrons. The molecule has 0 radical (unpaired) electrons. The first-order valence-electron chi connectivity index (χ1n) is 6.54. The second-order valence-corrected chi connectivity index (χ2v) is 6.91. The second kappa shape index (κ2) is 5.93. The van der Waals surface area contributed by atoms with Crippen molar-refractivity contribution in [2.75, 3.05) is 19.6 Å². The summed E-state index contributed by atoms with van der Waals surface area (Å²) in [5.74, 6) is -1.61. The predicted molar refractivity (Wildman–Crippen MR) is 68.8 cm³/mol. The molecule has 0 aliphatic carbocycles. The van der Waals surface area contributed by atoms with Gasteiger partial charge in [0.1, 0.15) is 4.90 Å². The molecular weight excluding hydrogens is 309 g/mol. The Hall–Kier alpha value is -1.13. The number of nitrogens with zero attached hydrogens (tertiary/aromatic N) is 3. The fourth-order valence-electron chi connectivity index (χ4n) is 2.31. The van der Waals surface area contributed by atoms with E-state index in [2.05, 4.69) is 5.10 Å². The lowest BCUT2D eigenvalue weighted by Crippen LogP contribution is -2.44. The average molecular weight is 326 g/mol. The van der Waals surface area contributed by atoms with Crippen LogP contribution in [-0.2, 0) is 16.6 Å². The SMILES string of the molecule is NCCn1cc(S(=O)(=O)N2CCCC(C(F)(F)F)C2)cn1. The number of sulfonamides is 1. The van der Waals surface area contributed by atoms with Gasteiger partial charge in [-0.1, -0.05) is 0 Å². The fraction of sp³-hybridized carbons (Fsp3) is 0.727. The van der Waals surface area contributed by atoms with E-state index >= 15 is 0 Å². The first-order valence-corrected chi connectivity index (χ1v) is 7.98. The number of aromatic nitrogens is 2. The van der Waals surface area contributed by atoms with E-state index in [0.29, 0.717) is 13.1 Å². The lowest BCUT2D eigenvalue weighted by atomic mass is 9.99. The van der Waals surface area contributed by atoms with Gasteiger partial charge in [-0.25, -0.2) is 8.42 Å². The van der Waals surface area contributed by atoms with E-state index in [9.17, 15) is 21.6 Å².